The van der Waals surface area contributed by atoms with Crippen LogP contribution in [0.15, 0.2) is 25.4 Å². The van der Waals surface area contributed by atoms with E-state index in [0.717, 1.165) is 0 Å². The number of hydrogen-bond donors (Lipinski definition) is 0. The Labute approximate surface area is 69.2 Å². The van der Waals surface area contributed by atoms with Crippen molar-refractivity contribution in [2.24, 2.45) is 0 Å². The van der Waals surface area contributed by atoms with Gasteiger partial charge >= 0.3 is 0 Å². The minimum atomic E-state index is -0.104. The summed E-state index contributed by atoms with van der Waals surface area (Å²) in [4.78, 5) is 12.2. The molecule has 0 saturated heterocycles. The molecule has 0 bridgehead atoms. The van der Waals surface area contributed by atoms with Crippen LogP contribution >= 0.6 is 0 Å². The second kappa shape index (κ2) is 8.95. The van der Waals surface area contributed by atoms with E-state index in [1.54, 1.807) is 0 Å². The van der Waals surface area contributed by atoms with E-state index in [0.29, 0.717) is 6.54 Å². The summed E-state index contributed by atoms with van der Waals surface area (Å²) in [7, 11) is 0. The quantitative estimate of drug-likeness (QED) is 0.572. The molecule has 0 fully saturated rings. The third-order valence-electron chi connectivity index (χ3n) is 1.02. The van der Waals surface area contributed by atoms with E-state index in [1.807, 2.05) is 20.8 Å². The van der Waals surface area contributed by atoms with Gasteiger partial charge in [-0.15, -0.1) is 0 Å². The Kier molecular flexibility index (Phi) is 10.3. The lowest BCUT2D eigenvalue weighted by Gasteiger charge is -2.11. The molecule has 11 heavy (non-hydrogen) atoms. The third-order valence-corrected chi connectivity index (χ3v) is 1.02. The van der Waals surface area contributed by atoms with E-state index in [-0.39, 0.29) is 5.91 Å². The van der Waals surface area contributed by atoms with Gasteiger partial charge in [-0.1, -0.05) is 27.0 Å². The van der Waals surface area contributed by atoms with Crippen LogP contribution in [0.5, 0.6) is 0 Å². The number of carbonyl (C=O) groups is 1. The fourth-order valence-electron chi connectivity index (χ4n) is 0.492. The Morgan fingerprint density at radius 2 is 1.91 bits per heavy atom. The highest BCUT2D eigenvalue weighted by atomic mass is 16.2. The number of likely N-dealkylation sites (N-methyl/N-ethyl adjacent to an activating group) is 1. The molecule has 0 aliphatic carbocycles. The average Bonchev–Trinajstić information content (AvgIpc) is 2.10. The highest BCUT2D eigenvalue weighted by Gasteiger charge is 1.99. The molecule has 0 aromatic heterocycles. The van der Waals surface area contributed by atoms with E-state index < -0.39 is 0 Å². The highest BCUT2D eigenvalue weighted by molar-refractivity contribution is 5.87. The summed E-state index contributed by atoms with van der Waals surface area (Å²) in [5.41, 5.74) is 0. The molecule has 0 radical (unpaired) electrons. The van der Waals surface area contributed by atoms with Gasteiger partial charge in [-0.05, 0) is 19.2 Å². The topological polar surface area (TPSA) is 20.3 Å². The molecule has 2 nitrogen and oxygen atoms in total. The molecule has 0 aromatic rings. The van der Waals surface area contributed by atoms with Gasteiger partial charge in [0.25, 0.3) is 0 Å². The molecule has 2 heteroatoms. The van der Waals surface area contributed by atoms with Crippen molar-refractivity contribution in [2.75, 3.05) is 6.54 Å². The first kappa shape index (κ1) is 12.6. The second-order valence-electron chi connectivity index (χ2n) is 1.51. The zero-order chi connectivity index (χ0) is 9.28. The Hall–Kier alpha value is -1.05. The van der Waals surface area contributed by atoms with Crippen molar-refractivity contribution in [2.45, 2.75) is 20.8 Å². The lowest BCUT2D eigenvalue weighted by atomic mass is 10.5. The minimum Gasteiger partial charge on any atom is -0.316 e. The molecule has 0 saturated carbocycles. The Morgan fingerprint density at radius 1 is 1.45 bits per heavy atom. The van der Waals surface area contributed by atoms with Crippen LogP contribution in [-0.2, 0) is 4.79 Å². The van der Waals surface area contributed by atoms with Crippen LogP contribution in [0.25, 0.3) is 0 Å². The summed E-state index contributed by atoms with van der Waals surface area (Å²) >= 11 is 0. The molecule has 0 aliphatic heterocycles. The summed E-state index contributed by atoms with van der Waals surface area (Å²) in [6.07, 6.45) is 2.76. The van der Waals surface area contributed by atoms with E-state index in [9.17, 15) is 4.79 Å². The first-order chi connectivity index (χ1) is 5.26. The van der Waals surface area contributed by atoms with Crippen molar-refractivity contribution in [3.63, 3.8) is 0 Å². The molecule has 0 aromatic carbocycles. The zero-order valence-electron chi connectivity index (χ0n) is 7.63. The number of hydrogen-bond acceptors (Lipinski definition) is 1. The Morgan fingerprint density at radius 3 is 2.00 bits per heavy atom. The van der Waals surface area contributed by atoms with Crippen molar-refractivity contribution < 1.29 is 4.79 Å². The van der Waals surface area contributed by atoms with Gasteiger partial charge in [-0.3, -0.25) is 4.79 Å². The van der Waals surface area contributed by atoms with Gasteiger partial charge < -0.3 is 4.90 Å². The van der Waals surface area contributed by atoms with Crippen molar-refractivity contribution in [1.82, 2.24) is 4.90 Å². The van der Waals surface area contributed by atoms with Crippen molar-refractivity contribution in [1.29, 1.82) is 0 Å². The summed E-state index contributed by atoms with van der Waals surface area (Å²) in [5, 5.41) is 0. The molecule has 0 aliphatic rings. The largest absolute Gasteiger partial charge is 0.316 e. The van der Waals surface area contributed by atoms with Crippen LogP contribution in [0.1, 0.15) is 20.8 Å². The lowest BCUT2D eigenvalue weighted by Crippen LogP contribution is -2.22. The van der Waals surface area contributed by atoms with Gasteiger partial charge in [-0.2, -0.15) is 0 Å². The van der Waals surface area contributed by atoms with Gasteiger partial charge in [0.15, 0.2) is 0 Å². The van der Waals surface area contributed by atoms with Crippen molar-refractivity contribution in [3.8, 4) is 0 Å². The number of amides is 1. The molecular formula is C9H17NO. The molecule has 0 spiro atoms. The molecule has 0 N–H and O–H groups in total. The smallest absolute Gasteiger partial charge is 0.249 e. The number of nitrogens with zero attached hydrogens (tertiary/aromatic N) is 1. The maximum absolute atomic E-state index is 10.7. The number of carbonyl (C=O) groups excluding carboxylic acids is 1. The molecule has 0 heterocycles. The van der Waals surface area contributed by atoms with E-state index in [2.05, 4.69) is 13.2 Å². The Bertz CT molecular complexity index is 130. The zero-order valence-corrected chi connectivity index (χ0v) is 7.63. The first-order valence-electron chi connectivity index (χ1n) is 3.81. The van der Waals surface area contributed by atoms with Gasteiger partial charge in [-0.25, -0.2) is 0 Å². The minimum absolute atomic E-state index is 0.104. The van der Waals surface area contributed by atoms with Crippen LogP contribution in [-0.4, -0.2) is 17.4 Å². The maximum atomic E-state index is 10.7. The predicted octanol–water partition coefficient (Wildman–Crippen LogP) is 2.19. The normalized spacial score (nSPS) is 7.18. The SMILES string of the molecule is C=CC(=O)N(C=C)CC.CC. The second-order valence-corrected chi connectivity index (χ2v) is 1.51. The van der Waals surface area contributed by atoms with Crippen molar-refractivity contribution >= 4 is 5.91 Å². The summed E-state index contributed by atoms with van der Waals surface area (Å²) in [6.45, 7) is 13.3. The first-order valence-corrected chi connectivity index (χ1v) is 3.81. The lowest BCUT2D eigenvalue weighted by molar-refractivity contribution is -0.123. The summed E-state index contributed by atoms with van der Waals surface area (Å²) < 4.78 is 0. The van der Waals surface area contributed by atoms with Crippen LogP contribution in [0, 0.1) is 0 Å². The average molecular weight is 155 g/mol. The predicted molar refractivity (Wildman–Crippen MR) is 49.1 cm³/mol. The van der Waals surface area contributed by atoms with Gasteiger partial charge in [0.2, 0.25) is 5.91 Å². The summed E-state index contributed by atoms with van der Waals surface area (Å²) in [6, 6.07) is 0. The summed E-state index contributed by atoms with van der Waals surface area (Å²) in [5.74, 6) is -0.104. The van der Waals surface area contributed by atoms with E-state index >= 15 is 0 Å². The van der Waals surface area contributed by atoms with Gasteiger partial charge in [0.05, 0.1) is 0 Å². The van der Waals surface area contributed by atoms with Crippen LogP contribution < -0.4 is 0 Å². The fraction of sp³-hybridized carbons (Fsp3) is 0.444. The monoisotopic (exact) mass is 155 g/mol. The maximum Gasteiger partial charge on any atom is 0.249 e. The molecule has 0 unspecified atom stereocenters. The van der Waals surface area contributed by atoms with E-state index in [4.69, 9.17) is 0 Å². The number of rotatable bonds is 3. The molecule has 64 valence electrons. The molecule has 0 rings (SSSR count). The standard InChI is InChI=1S/C7H11NO.C2H6/c1-4-7(9)8(5-2)6-3;1-2/h4-5H,1-2,6H2,3H3;1-2H3. The molecular weight excluding hydrogens is 138 g/mol. The van der Waals surface area contributed by atoms with Gasteiger partial charge in [0, 0.05) is 6.54 Å². The molecule has 0 atom stereocenters. The van der Waals surface area contributed by atoms with Crippen LogP contribution in [0.3, 0.4) is 0 Å². The van der Waals surface area contributed by atoms with Crippen molar-refractivity contribution in [3.05, 3.63) is 25.4 Å². The van der Waals surface area contributed by atoms with Crippen LogP contribution in [0.4, 0.5) is 0 Å². The van der Waals surface area contributed by atoms with Crippen LogP contribution in [0.2, 0.25) is 0 Å². The Balaban J connectivity index is 0. The highest BCUT2D eigenvalue weighted by Crippen LogP contribution is 1.88. The fourth-order valence-corrected chi connectivity index (χ4v) is 0.492. The third kappa shape index (κ3) is 5.40. The molecule has 1 amide bonds. The van der Waals surface area contributed by atoms with Gasteiger partial charge in [0.1, 0.15) is 0 Å². The van der Waals surface area contributed by atoms with E-state index in [1.165, 1.54) is 17.2 Å².